The highest BCUT2D eigenvalue weighted by Crippen LogP contribution is 2.38. The van der Waals surface area contributed by atoms with E-state index < -0.39 is 40.7 Å². The van der Waals surface area contributed by atoms with E-state index in [1.807, 2.05) is 0 Å². The number of nitrogens with zero attached hydrogens (tertiary/aromatic N) is 2. The Kier molecular flexibility index (Phi) is 6.35. The fourth-order valence-corrected chi connectivity index (χ4v) is 3.37. The highest BCUT2D eigenvalue weighted by Gasteiger charge is 2.37. The molecule has 1 amide bonds. The van der Waals surface area contributed by atoms with Gasteiger partial charge in [0.25, 0.3) is 5.91 Å². The average Bonchev–Trinajstić information content (AvgIpc) is 3.00. The third-order valence-electron chi connectivity index (χ3n) is 4.32. The Morgan fingerprint density at radius 2 is 1.65 bits per heavy atom. The van der Waals surface area contributed by atoms with E-state index in [-0.39, 0.29) is 28.7 Å². The first-order chi connectivity index (χ1) is 14.6. The van der Waals surface area contributed by atoms with Crippen molar-refractivity contribution in [1.82, 2.24) is 0 Å². The Bertz CT molecular complexity index is 1120. The SMILES string of the molecule is CCOc1c(/C=C2\C(=O)N(c3c(F)c(F)c(F)c(F)c3F)N=C2C)cc(Br)cc1OC. The number of hydrogen-bond acceptors (Lipinski definition) is 4. The zero-order valence-electron chi connectivity index (χ0n) is 16.3. The summed E-state index contributed by atoms with van der Waals surface area (Å²) in [5.41, 5.74) is -1.23. The van der Waals surface area contributed by atoms with Crippen LogP contribution in [0.15, 0.2) is 27.3 Å². The summed E-state index contributed by atoms with van der Waals surface area (Å²) in [5, 5.41) is 3.85. The van der Waals surface area contributed by atoms with Crippen LogP contribution in [-0.2, 0) is 4.79 Å². The normalized spacial score (nSPS) is 15.0. The van der Waals surface area contributed by atoms with Crippen molar-refractivity contribution in [1.29, 1.82) is 0 Å². The number of carbonyl (C=O) groups excluding carboxylic acids is 1. The van der Waals surface area contributed by atoms with Gasteiger partial charge < -0.3 is 9.47 Å². The van der Waals surface area contributed by atoms with Gasteiger partial charge in [-0.25, -0.2) is 22.0 Å². The van der Waals surface area contributed by atoms with Crippen LogP contribution in [0.2, 0.25) is 0 Å². The van der Waals surface area contributed by atoms with Gasteiger partial charge in [-0.15, -0.1) is 0 Å². The molecule has 0 unspecified atom stereocenters. The molecule has 0 aromatic heterocycles. The minimum atomic E-state index is -2.33. The van der Waals surface area contributed by atoms with Crippen molar-refractivity contribution in [3.8, 4) is 11.5 Å². The molecule has 31 heavy (non-hydrogen) atoms. The largest absolute Gasteiger partial charge is 0.493 e. The van der Waals surface area contributed by atoms with Crippen LogP contribution in [0, 0.1) is 29.1 Å². The zero-order valence-corrected chi connectivity index (χ0v) is 17.9. The number of ether oxygens (including phenoxy) is 2. The molecule has 0 saturated heterocycles. The van der Waals surface area contributed by atoms with Gasteiger partial charge in [-0.1, -0.05) is 15.9 Å². The minimum absolute atomic E-state index is 0.00432. The molecule has 1 heterocycles. The molecule has 164 valence electrons. The van der Waals surface area contributed by atoms with E-state index in [0.29, 0.717) is 15.8 Å². The number of methoxy groups -OCH3 is 1. The van der Waals surface area contributed by atoms with E-state index in [4.69, 9.17) is 9.47 Å². The highest BCUT2D eigenvalue weighted by molar-refractivity contribution is 9.10. The second kappa shape index (κ2) is 8.66. The van der Waals surface area contributed by atoms with Gasteiger partial charge in [-0.05, 0) is 32.1 Å². The van der Waals surface area contributed by atoms with Crippen LogP contribution in [-0.4, -0.2) is 25.3 Å². The molecule has 2 aromatic rings. The predicted octanol–water partition coefficient (Wildman–Crippen LogP) is 5.36. The molecule has 0 bridgehead atoms. The van der Waals surface area contributed by atoms with Gasteiger partial charge in [0.15, 0.2) is 34.8 Å². The van der Waals surface area contributed by atoms with Crippen LogP contribution < -0.4 is 14.5 Å². The molecule has 5 nitrogen and oxygen atoms in total. The predicted molar refractivity (Wildman–Crippen MR) is 107 cm³/mol. The van der Waals surface area contributed by atoms with Gasteiger partial charge in [0, 0.05) is 10.0 Å². The number of amides is 1. The molecule has 0 radical (unpaired) electrons. The van der Waals surface area contributed by atoms with Crippen LogP contribution in [0.25, 0.3) is 6.08 Å². The number of benzene rings is 2. The van der Waals surface area contributed by atoms with Crippen molar-refractivity contribution in [2.24, 2.45) is 5.10 Å². The van der Waals surface area contributed by atoms with Gasteiger partial charge in [0.2, 0.25) is 5.82 Å². The molecule has 2 aromatic carbocycles. The Morgan fingerprint density at radius 3 is 2.19 bits per heavy atom. The Hall–Kier alpha value is -2.95. The van der Waals surface area contributed by atoms with Crippen LogP contribution in [0.5, 0.6) is 11.5 Å². The standard InChI is InChI=1S/C20H14BrF5N2O3/c1-4-31-19-9(5-10(21)7-12(19)30-3)6-11-8(2)27-28(20(11)29)18-16(25)14(23)13(22)15(24)17(18)26/h5-7H,4H2,1-3H3/b11-6-. The Labute approximate surface area is 181 Å². The number of anilines is 1. The third-order valence-corrected chi connectivity index (χ3v) is 4.78. The molecule has 0 aliphatic carbocycles. The van der Waals surface area contributed by atoms with Crippen LogP contribution in [0.3, 0.4) is 0 Å². The fourth-order valence-electron chi connectivity index (χ4n) is 2.92. The van der Waals surface area contributed by atoms with Crippen molar-refractivity contribution in [2.75, 3.05) is 18.7 Å². The van der Waals surface area contributed by atoms with Gasteiger partial charge in [0.05, 0.1) is 25.0 Å². The second-order valence-electron chi connectivity index (χ2n) is 6.24. The molecule has 1 aliphatic heterocycles. The Morgan fingerprint density at radius 1 is 1.06 bits per heavy atom. The van der Waals surface area contributed by atoms with Crippen LogP contribution >= 0.6 is 15.9 Å². The van der Waals surface area contributed by atoms with Crippen molar-refractivity contribution in [2.45, 2.75) is 13.8 Å². The highest BCUT2D eigenvalue weighted by atomic mass is 79.9. The summed E-state index contributed by atoms with van der Waals surface area (Å²) in [6.07, 6.45) is 1.32. The summed E-state index contributed by atoms with van der Waals surface area (Å²) in [4.78, 5) is 12.8. The van der Waals surface area contributed by atoms with E-state index in [2.05, 4.69) is 21.0 Å². The number of halogens is 6. The molecule has 11 heteroatoms. The van der Waals surface area contributed by atoms with E-state index in [1.165, 1.54) is 20.1 Å². The van der Waals surface area contributed by atoms with Gasteiger partial charge >= 0.3 is 0 Å². The first-order valence-corrected chi connectivity index (χ1v) is 9.55. The quantitative estimate of drug-likeness (QED) is 0.238. The Balaban J connectivity index is 2.14. The number of hydrogen-bond donors (Lipinski definition) is 0. The number of hydrazone groups is 1. The molecule has 1 aliphatic rings. The lowest BCUT2D eigenvalue weighted by Gasteiger charge is -2.15. The summed E-state index contributed by atoms with van der Waals surface area (Å²) in [7, 11) is 1.42. The van der Waals surface area contributed by atoms with Crippen molar-refractivity contribution in [3.05, 3.63) is 56.8 Å². The molecular formula is C20H14BrF5N2O3. The molecule has 3 rings (SSSR count). The van der Waals surface area contributed by atoms with Gasteiger partial charge in [-0.3, -0.25) is 4.79 Å². The smallest absolute Gasteiger partial charge is 0.280 e. The first kappa shape index (κ1) is 22.7. The van der Waals surface area contributed by atoms with Crippen molar-refractivity contribution < 1.29 is 36.2 Å². The monoisotopic (exact) mass is 504 g/mol. The summed E-state index contributed by atoms with van der Waals surface area (Å²) in [6.45, 7) is 3.36. The molecule has 0 spiro atoms. The fraction of sp³-hybridized carbons (Fsp3) is 0.200. The maximum Gasteiger partial charge on any atom is 0.280 e. The van der Waals surface area contributed by atoms with E-state index >= 15 is 0 Å². The number of carbonyl (C=O) groups is 1. The first-order valence-electron chi connectivity index (χ1n) is 8.75. The van der Waals surface area contributed by atoms with Crippen molar-refractivity contribution in [3.63, 3.8) is 0 Å². The molecule has 0 N–H and O–H groups in total. The van der Waals surface area contributed by atoms with Crippen LogP contribution in [0.4, 0.5) is 27.6 Å². The van der Waals surface area contributed by atoms with Gasteiger partial charge in [-0.2, -0.15) is 10.1 Å². The maximum atomic E-state index is 14.2. The molecular weight excluding hydrogens is 491 g/mol. The zero-order chi connectivity index (χ0) is 23.0. The van der Waals surface area contributed by atoms with E-state index in [0.717, 1.165) is 0 Å². The topological polar surface area (TPSA) is 51.1 Å². The second-order valence-corrected chi connectivity index (χ2v) is 7.15. The van der Waals surface area contributed by atoms with Crippen LogP contribution in [0.1, 0.15) is 19.4 Å². The van der Waals surface area contributed by atoms with Crippen molar-refractivity contribution >= 4 is 39.3 Å². The summed E-state index contributed by atoms with van der Waals surface area (Å²) in [5.74, 6) is -11.5. The maximum absolute atomic E-state index is 14.2. The minimum Gasteiger partial charge on any atom is -0.493 e. The number of rotatable bonds is 5. The third kappa shape index (κ3) is 3.89. The lowest BCUT2D eigenvalue weighted by Crippen LogP contribution is -2.25. The summed E-state index contributed by atoms with van der Waals surface area (Å²) in [6, 6.07) is 3.23. The average molecular weight is 505 g/mol. The lowest BCUT2D eigenvalue weighted by atomic mass is 10.1. The van der Waals surface area contributed by atoms with E-state index in [9.17, 15) is 26.7 Å². The molecule has 0 fully saturated rings. The van der Waals surface area contributed by atoms with Gasteiger partial charge in [0.1, 0.15) is 5.69 Å². The lowest BCUT2D eigenvalue weighted by molar-refractivity contribution is -0.114. The molecule has 0 atom stereocenters. The molecule has 0 saturated carbocycles. The van der Waals surface area contributed by atoms with E-state index in [1.54, 1.807) is 19.1 Å². The summed E-state index contributed by atoms with van der Waals surface area (Å²) >= 11 is 3.30. The summed E-state index contributed by atoms with van der Waals surface area (Å²) < 4.78 is 80.3.